The van der Waals surface area contributed by atoms with Crippen LogP contribution < -0.4 is 4.90 Å². The predicted octanol–water partition coefficient (Wildman–Crippen LogP) is 3.45. The molecule has 0 saturated heterocycles. The Hall–Kier alpha value is -3.02. The number of anilines is 1. The minimum Gasteiger partial charge on any atom is -0.274 e. The molecule has 126 valence electrons. The molecular formula is C19H17FN4O. The Morgan fingerprint density at radius 1 is 1.12 bits per heavy atom. The van der Waals surface area contributed by atoms with Gasteiger partial charge in [0.15, 0.2) is 0 Å². The number of hydrogen-bond donors (Lipinski definition) is 0. The van der Waals surface area contributed by atoms with Crippen LogP contribution in [0.25, 0.3) is 0 Å². The van der Waals surface area contributed by atoms with Crippen molar-refractivity contribution in [2.24, 2.45) is 0 Å². The summed E-state index contributed by atoms with van der Waals surface area (Å²) >= 11 is 0. The summed E-state index contributed by atoms with van der Waals surface area (Å²) in [6, 6.07) is 15.9. The summed E-state index contributed by atoms with van der Waals surface area (Å²) in [5.74, 6) is -0.483. The molecule has 0 fully saturated rings. The van der Waals surface area contributed by atoms with Crippen molar-refractivity contribution >= 4 is 11.9 Å². The van der Waals surface area contributed by atoms with E-state index in [0.717, 1.165) is 5.56 Å². The maximum Gasteiger partial charge on any atom is 0.263 e. The van der Waals surface area contributed by atoms with Crippen molar-refractivity contribution in [3.8, 4) is 0 Å². The number of hydrogen-bond acceptors (Lipinski definition) is 3. The summed E-state index contributed by atoms with van der Waals surface area (Å²) in [5, 5.41) is 4.32. The van der Waals surface area contributed by atoms with Gasteiger partial charge in [0.05, 0.1) is 11.6 Å². The molecule has 5 nitrogen and oxygen atoms in total. The van der Waals surface area contributed by atoms with Crippen LogP contribution in [0.1, 0.15) is 35.3 Å². The third-order valence-electron chi connectivity index (χ3n) is 4.58. The van der Waals surface area contributed by atoms with E-state index in [1.165, 1.54) is 23.4 Å². The van der Waals surface area contributed by atoms with Crippen molar-refractivity contribution in [2.75, 3.05) is 4.90 Å². The molecule has 4 rings (SSSR count). The number of benzene rings is 2. The molecule has 1 aliphatic heterocycles. The molecule has 1 aliphatic rings. The highest BCUT2D eigenvalue weighted by molar-refractivity contribution is 6.05. The Bertz CT molecular complexity index is 909. The first-order valence-corrected chi connectivity index (χ1v) is 8.19. The van der Waals surface area contributed by atoms with Crippen molar-refractivity contribution in [1.82, 2.24) is 14.8 Å². The maximum absolute atomic E-state index is 14.1. The van der Waals surface area contributed by atoms with Gasteiger partial charge in [-0.05, 0) is 31.0 Å². The van der Waals surface area contributed by atoms with Gasteiger partial charge in [-0.15, -0.1) is 0 Å². The average molecular weight is 336 g/mol. The molecule has 0 unspecified atom stereocenters. The van der Waals surface area contributed by atoms with Crippen molar-refractivity contribution in [3.05, 3.63) is 77.9 Å². The number of fused-ring (bicyclic) bond motifs is 1. The van der Waals surface area contributed by atoms with E-state index in [-0.39, 0.29) is 17.6 Å². The fraction of sp³-hybridized carbons (Fsp3) is 0.211. The van der Waals surface area contributed by atoms with Crippen LogP contribution in [0.15, 0.2) is 60.9 Å². The monoisotopic (exact) mass is 336 g/mol. The number of nitrogens with zero attached hydrogens (tertiary/aromatic N) is 4. The molecule has 0 N–H and O–H groups in total. The molecule has 3 aromatic rings. The lowest BCUT2D eigenvalue weighted by Gasteiger charge is -2.37. The van der Waals surface area contributed by atoms with Gasteiger partial charge in [-0.3, -0.25) is 9.69 Å². The standard InChI is InChI=1S/C19H17FN4O/c1-13-11-17(14-7-3-2-4-8-14)24-19(21-12-22-24)23(13)18(25)15-9-5-6-10-16(15)20/h2-10,12-13,17H,11H2,1H3/t13-,17+/m1/s1. The Morgan fingerprint density at radius 3 is 2.60 bits per heavy atom. The molecule has 0 saturated carbocycles. The molecule has 2 heterocycles. The third kappa shape index (κ3) is 2.59. The van der Waals surface area contributed by atoms with E-state index in [9.17, 15) is 9.18 Å². The van der Waals surface area contributed by atoms with Crippen LogP contribution in [0.2, 0.25) is 0 Å². The van der Waals surface area contributed by atoms with E-state index in [1.54, 1.807) is 16.8 Å². The number of halogens is 1. The molecule has 0 bridgehead atoms. The fourth-order valence-electron chi connectivity index (χ4n) is 3.37. The lowest BCUT2D eigenvalue weighted by molar-refractivity contribution is 0.0962. The summed E-state index contributed by atoms with van der Waals surface area (Å²) in [6.45, 7) is 1.95. The Kier molecular flexibility index (Phi) is 3.80. The van der Waals surface area contributed by atoms with Gasteiger partial charge in [-0.1, -0.05) is 42.5 Å². The van der Waals surface area contributed by atoms with Crippen LogP contribution >= 0.6 is 0 Å². The van der Waals surface area contributed by atoms with Crippen molar-refractivity contribution in [2.45, 2.75) is 25.4 Å². The molecule has 0 radical (unpaired) electrons. The largest absolute Gasteiger partial charge is 0.274 e. The second-order valence-corrected chi connectivity index (χ2v) is 6.17. The number of rotatable bonds is 2. The van der Waals surface area contributed by atoms with E-state index in [1.807, 2.05) is 37.3 Å². The number of amides is 1. The zero-order valence-electron chi connectivity index (χ0n) is 13.7. The van der Waals surface area contributed by atoms with Gasteiger partial charge in [0.25, 0.3) is 5.91 Å². The van der Waals surface area contributed by atoms with Crippen LogP contribution in [0.5, 0.6) is 0 Å². The van der Waals surface area contributed by atoms with Crippen molar-refractivity contribution in [1.29, 1.82) is 0 Å². The summed E-state index contributed by atoms with van der Waals surface area (Å²) < 4.78 is 15.8. The molecular weight excluding hydrogens is 319 g/mol. The van der Waals surface area contributed by atoms with Gasteiger partial charge in [-0.2, -0.15) is 10.1 Å². The molecule has 1 amide bonds. The first-order valence-electron chi connectivity index (χ1n) is 8.19. The van der Waals surface area contributed by atoms with Crippen LogP contribution in [-0.2, 0) is 0 Å². The highest BCUT2D eigenvalue weighted by Crippen LogP contribution is 2.35. The van der Waals surface area contributed by atoms with Crippen LogP contribution in [0, 0.1) is 5.82 Å². The van der Waals surface area contributed by atoms with Gasteiger partial charge in [0.1, 0.15) is 12.1 Å². The lowest BCUT2D eigenvalue weighted by Crippen LogP contribution is -2.46. The van der Waals surface area contributed by atoms with Crippen LogP contribution in [-0.4, -0.2) is 26.7 Å². The second-order valence-electron chi connectivity index (χ2n) is 6.17. The number of carbonyl (C=O) groups is 1. The van der Waals surface area contributed by atoms with E-state index >= 15 is 0 Å². The van der Waals surface area contributed by atoms with E-state index in [2.05, 4.69) is 10.1 Å². The zero-order valence-corrected chi connectivity index (χ0v) is 13.7. The quantitative estimate of drug-likeness (QED) is 0.720. The molecule has 0 spiro atoms. The highest BCUT2D eigenvalue weighted by atomic mass is 19.1. The van der Waals surface area contributed by atoms with E-state index in [4.69, 9.17) is 0 Å². The van der Waals surface area contributed by atoms with Gasteiger partial charge < -0.3 is 0 Å². The van der Waals surface area contributed by atoms with Crippen molar-refractivity contribution < 1.29 is 9.18 Å². The first kappa shape index (κ1) is 15.5. The van der Waals surface area contributed by atoms with Crippen LogP contribution in [0.3, 0.4) is 0 Å². The molecule has 1 aromatic heterocycles. The fourth-order valence-corrected chi connectivity index (χ4v) is 3.37. The normalized spacial score (nSPS) is 19.5. The van der Waals surface area contributed by atoms with Gasteiger partial charge in [0, 0.05) is 6.04 Å². The maximum atomic E-state index is 14.1. The summed E-state index contributed by atoms with van der Waals surface area (Å²) in [7, 11) is 0. The summed E-state index contributed by atoms with van der Waals surface area (Å²) in [4.78, 5) is 18.7. The molecule has 2 atom stereocenters. The molecule has 2 aromatic carbocycles. The minimum absolute atomic E-state index is 0.00151. The smallest absolute Gasteiger partial charge is 0.263 e. The molecule has 0 aliphatic carbocycles. The number of carbonyl (C=O) groups excluding carboxylic acids is 1. The third-order valence-corrected chi connectivity index (χ3v) is 4.58. The number of aromatic nitrogens is 3. The predicted molar refractivity (Wildman–Crippen MR) is 91.9 cm³/mol. The van der Waals surface area contributed by atoms with Gasteiger partial charge >= 0.3 is 0 Å². The Morgan fingerprint density at radius 2 is 1.84 bits per heavy atom. The minimum atomic E-state index is -0.532. The Labute approximate surface area is 144 Å². The Balaban J connectivity index is 1.76. The van der Waals surface area contributed by atoms with E-state index in [0.29, 0.717) is 12.4 Å². The van der Waals surface area contributed by atoms with Gasteiger partial charge in [0.2, 0.25) is 5.95 Å². The topological polar surface area (TPSA) is 51.0 Å². The van der Waals surface area contributed by atoms with Crippen molar-refractivity contribution in [3.63, 3.8) is 0 Å². The summed E-state index contributed by atoms with van der Waals surface area (Å²) in [5.41, 5.74) is 1.15. The highest BCUT2D eigenvalue weighted by Gasteiger charge is 2.37. The lowest BCUT2D eigenvalue weighted by atomic mass is 9.97. The SMILES string of the molecule is C[C@@H]1C[C@@H](c2ccccc2)n2ncnc2N1C(=O)c1ccccc1F. The zero-order chi connectivity index (χ0) is 17.4. The van der Waals surface area contributed by atoms with Crippen LogP contribution in [0.4, 0.5) is 10.3 Å². The van der Waals surface area contributed by atoms with E-state index < -0.39 is 11.7 Å². The van der Waals surface area contributed by atoms with Gasteiger partial charge in [-0.25, -0.2) is 9.07 Å². The summed E-state index contributed by atoms with van der Waals surface area (Å²) in [6.07, 6.45) is 2.12. The second kappa shape index (κ2) is 6.12. The average Bonchev–Trinajstić information content (AvgIpc) is 3.11. The first-order chi connectivity index (χ1) is 12.2. The molecule has 6 heteroatoms. The molecule has 25 heavy (non-hydrogen) atoms.